The highest BCUT2D eigenvalue weighted by Gasteiger charge is 2.25. The number of para-hydroxylation sites is 2. The van der Waals surface area contributed by atoms with E-state index in [4.69, 9.17) is 0 Å². The van der Waals surface area contributed by atoms with Crippen molar-refractivity contribution in [2.24, 2.45) is 0 Å². The Morgan fingerprint density at radius 3 is 2.32 bits per heavy atom. The molecule has 0 atom stereocenters. The fourth-order valence-electron chi connectivity index (χ4n) is 4.31. The molecule has 3 aromatic rings. The summed E-state index contributed by atoms with van der Waals surface area (Å²) in [4.78, 5) is 3.28. The number of benzene rings is 2. The SMILES string of the molecule is CC(=Cc1sc2ccccc2[n+]1CCCCS(=O)(=O)[O-])C=C1Sc2ccccc2N1CCCCS(=O)(=O)[O-]. The average molecular weight is 594 g/mol. The second kappa shape index (κ2) is 12.3. The van der Waals surface area contributed by atoms with Gasteiger partial charge in [-0.25, -0.2) is 16.8 Å². The minimum Gasteiger partial charge on any atom is -0.748 e. The third-order valence-corrected chi connectivity index (χ3v) is 9.83. The summed E-state index contributed by atoms with van der Waals surface area (Å²) < 4.78 is 69.2. The molecule has 0 spiro atoms. The van der Waals surface area contributed by atoms with E-state index in [1.807, 2.05) is 43.3 Å². The Bertz CT molecular complexity index is 1580. The number of unbranched alkanes of at least 4 members (excludes halogenated alkanes) is 2. The van der Waals surface area contributed by atoms with E-state index >= 15 is 0 Å². The van der Waals surface area contributed by atoms with Crippen molar-refractivity contribution in [1.82, 2.24) is 0 Å². The number of thiazole rings is 1. The van der Waals surface area contributed by atoms with E-state index in [9.17, 15) is 25.9 Å². The molecule has 8 nitrogen and oxygen atoms in total. The van der Waals surface area contributed by atoms with Crippen molar-refractivity contribution in [2.45, 2.75) is 44.0 Å². The number of anilines is 1. The van der Waals surface area contributed by atoms with Crippen molar-refractivity contribution in [1.29, 1.82) is 0 Å². The van der Waals surface area contributed by atoms with E-state index in [0.29, 0.717) is 38.8 Å². The van der Waals surface area contributed by atoms with Crippen LogP contribution in [0.15, 0.2) is 70.1 Å². The van der Waals surface area contributed by atoms with Gasteiger partial charge in [-0.3, -0.25) is 0 Å². The molecule has 0 unspecified atom stereocenters. The molecule has 2 aromatic carbocycles. The Morgan fingerprint density at radius 1 is 0.921 bits per heavy atom. The van der Waals surface area contributed by atoms with Gasteiger partial charge in [0.2, 0.25) is 5.52 Å². The van der Waals surface area contributed by atoms with Crippen LogP contribution in [0.25, 0.3) is 16.3 Å². The van der Waals surface area contributed by atoms with Crippen LogP contribution in [0.5, 0.6) is 0 Å². The van der Waals surface area contributed by atoms with Crippen molar-refractivity contribution in [2.75, 3.05) is 23.0 Å². The Kier molecular flexibility index (Phi) is 9.32. The molecule has 4 rings (SSSR count). The molecule has 0 amide bonds. The van der Waals surface area contributed by atoms with Gasteiger partial charge in [-0.1, -0.05) is 47.4 Å². The number of nitrogens with zero attached hydrogens (tertiary/aromatic N) is 2. The Morgan fingerprint density at radius 2 is 1.58 bits per heavy atom. The van der Waals surface area contributed by atoms with Crippen LogP contribution in [0.1, 0.15) is 37.6 Å². The van der Waals surface area contributed by atoms with Crippen LogP contribution in [-0.2, 0) is 26.8 Å². The molecule has 2 heterocycles. The molecule has 12 heteroatoms. The monoisotopic (exact) mass is 593 g/mol. The number of aromatic nitrogens is 1. The van der Waals surface area contributed by atoms with Gasteiger partial charge < -0.3 is 14.0 Å². The first-order valence-electron chi connectivity index (χ1n) is 12.2. The maximum atomic E-state index is 11.0. The van der Waals surface area contributed by atoms with Crippen LogP contribution >= 0.6 is 23.1 Å². The van der Waals surface area contributed by atoms with Crippen LogP contribution in [0.2, 0.25) is 0 Å². The van der Waals surface area contributed by atoms with E-state index < -0.39 is 20.2 Å². The predicted molar refractivity (Wildman–Crippen MR) is 151 cm³/mol. The molecular formula is C26H29N2O6S4-. The second-order valence-electron chi connectivity index (χ2n) is 9.09. The van der Waals surface area contributed by atoms with Crippen molar-refractivity contribution in [3.8, 4) is 0 Å². The number of aryl methyl sites for hydroxylation is 1. The third kappa shape index (κ3) is 7.90. The lowest BCUT2D eigenvalue weighted by Crippen LogP contribution is -2.35. The van der Waals surface area contributed by atoms with Crippen molar-refractivity contribution in [3.63, 3.8) is 0 Å². The first-order valence-corrected chi connectivity index (χ1v) is 17.0. The van der Waals surface area contributed by atoms with E-state index in [-0.39, 0.29) is 11.5 Å². The fourth-order valence-corrected chi connectivity index (χ4v) is 7.82. The lowest BCUT2D eigenvalue weighted by Gasteiger charge is -2.21. The first-order chi connectivity index (χ1) is 18.0. The molecule has 0 fully saturated rings. The highest BCUT2D eigenvalue weighted by molar-refractivity contribution is 8.03. The highest BCUT2D eigenvalue weighted by atomic mass is 32.2. The van der Waals surface area contributed by atoms with Gasteiger partial charge in [0.15, 0.2) is 6.54 Å². The van der Waals surface area contributed by atoms with Gasteiger partial charge in [-0.05, 0) is 56.0 Å². The summed E-state index contributed by atoms with van der Waals surface area (Å²) in [5.41, 5.74) is 3.15. The van der Waals surface area contributed by atoms with Crippen LogP contribution in [-0.4, -0.2) is 44.0 Å². The summed E-state index contributed by atoms with van der Waals surface area (Å²) >= 11 is 3.30. The summed E-state index contributed by atoms with van der Waals surface area (Å²) in [5, 5.41) is 2.05. The Balaban J connectivity index is 1.57. The minimum absolute atomic E-state index is 0.312. The van der Waals surface area contributed by atoms with Gasteiger partial charge in [0.25, 0.3) is 5.01 Å². The average Bonchev–Trinajstić information content (AvgIpc) is 3.35. The summed E-state index contributed by atoms with van der Waals surface area (Å²) in [6.07, 6.45) is 5.98. The molecule has 0 saturated heterocycles. The smallest absolute Gasteiger partial charge is 0.263 e. The molecule has 38 heavy (non-hydrogen) atoms. The van der Waals surface area contributed by atoms with E-state index in [1.54, 1.807) is 23.1 Å². The number of hydrogen-bond donors (Lipinski definition) is 0. The molecule has 0 radical (unpaired) electrons. The van der Waals surface area contributed by atoms with Crippen molar-refractivity contribution in [3.05, 3.63) is 70.2 Å². The third-order valence-electron chi connectivity index (χ3n) is 6.03. The molecule has 0 aliphatic carbocycles. The molecule has 1 aromatic heterocycles. The van der Waals surface area contributed by atoms with E-state index in [0.717, 1.165) is 36.4 Å². The largest absolute Gasteiger partial charge is 0.748 e. The van der Waals surface area contributed by atoms with Crippen LogP contribution in [0.3, 0.4) is 0 Å². The quantitative estimate of drug-likeness (QED) is 0.168. The summed E-state index contributed by atoms with van der Waals surface area (Å²) in [5.74, 6) is -0.722. The molecular weight excluding hydrogens is 565 g/mol. The molecule has 0 saturated carbocycles. The zero-order valence-corrected chi connectivity index (χ0v) is 24.2. The number of hydrogen-bond acceptors (Lipinski definition) is 9. The van der Waals surface area contributed by atoms with Gasteiger partial charge in [-0.2, -0.15) is 4.57 Å². The summed E-state index contributed by atoms with van der Waals surface area (Å²) in [7, 11) is -8.45. The Labute approximate surface area is 232 Å². The van der Waals surface area contributed by atoms with E-state index in [1.165, 1.54) is 0 Å². The number of thioether (sulfide) groups is 1. The molecule has 204 valence electrons. The van der Waals surface area contributed by atoms with Crippen LogP contribution in [0, 0.1) is 0 Å². The zero-order valence-electron chi connectivity index (χ0n) is 20.9. The topological polar surface area (TPSA) is 122 Å². The van der Waals surface area contributed by atoms with Gasteiger partial charge in [0.05, 0.1) is 31.0 Å². The summed E-state index contributed by atoms with van der Waals surface area (Å²) in [6.45, 7) is 3.23. The van der Waals surface area contributed by atoms with Crippen molar-refractivity contribution >= 4 is 65.3 Å². The fraction of sp³-hybridized carbons (Fsp3) is 0.346. The van der Waals surface area contributed by atoms with Gasteiger partial charge >= 0.3 is 0 Å². The standard InChI is InChI=1S/C26H30N2O6S4/c1-20(18-25-27(14-6-8-16-37(29,30)31)21-10-2-4-12-23(21)35-25)19-26-28(15-7-9-17-38(32,33)34)22-11-3-5-13-24(22)36-26/h2-5,10-13,18-19H,6-9,14-17H2,1H3,(H-,29,30,31,32,33,34)/p-1. The van der Waals surface area contributed by atoms with E-state index in [2.05, 4.69) is 33.8 Å². The van der Waals surface area contributed by atoms with Crippen molar-refractivity contribution < 1.29 is 30.5 Å². The number of allylic oxidation sites excluding steroid dienone is 2. The van der Waals surface area contributed by atoms with Gasteiger partial charge in [0, 0.05) is 41.5 Å². The molecule has 1 aliphatic heterocycles. The van der Waals surface area contributed by atoms with Gasteiger partial charge in [-0.15, -0.1) is 0 Å². The van der Waals surface area contributed by atoms with Gasteiger partial charge in [0.1, 0.15) is 4.70 Å². The second-order valence-corrected chi connectivity index (χ2v) is 14.3. The lowest BCUT2D eigenvalue weighted by atomic mass is 10.2. The predicted octanol–water partition coefficient (Wildman–Crippen LogP) is 4.70. The van der Waals surface area contributed by atoms with Crippen LogP contribution < -0.4 is 9.47 Å². The maximum absolute atomic E-state index is 11.0. The Hall–Kier alpha value is -2.22. The molecule has 0 N–H and O–H groups in total. The molecule has 1 aliphatic rings. The lowest BCUT2D eigenvalue weighted by molar-refractivity contribution is -0.669. The number of fused-ring (bicyclic) bond motifs is 2. The maximum Gasteiger partial charge on any atom is 0.263 e. The number of rotatable bonds is 12. The molecule has 0 bridgehead atoms. The minimum atomic E-state index is -4.22. The first kappa shape index (κ1) is 28.8. The normalized spacial score (nSPS) is 15.5. The highest BCUT2D eigenvalue weighted by Crippen LogP contribution is 2.46. The van der Waals surface area contributed by atoms with Crippen LogP contribution in [0.4, 0.5) is 5.69 Å². The zero-order chi connectivity index (χ0) is 27.3. The summed E-state index contributed by atoms with van der Waals surface area (Å²) in [6, 6.07) is 16.1.